The number of nitrogens with zero attached hydrogens (tertiary/aromatic N) is 4. The third kappa shape index (κ3) is 3.66. The first-order valence-electron chi connectivity index (χ1n) is 7.77. The van der Waals surface area contributed by atoms with Crippen molar-refractivity contribution in [3.05, 3.63) is 47.5 Å². The van der Waals surface area contributed by atoms with Gasteiger partial charge in [-0.25, -0.2) is 13.9 Å². The molecule has 0 atom stereocenters. The van der Waals surface area contributed by atoms with Crippen molar-refractivity contribution in [3.63, 3.8) is 0 Å². The van der Waals surface area contributed by atoms with Crippen molar-refractivity contribution < 1.29 is 24.2 Å². The van der Waals surface area contributed by atoms with Crippen LogP contribution in [0.15, 0.2) is 30.5 Å². The lowest BCUT2D eigenvalue weighted by Gasteiger charge is -2.34. The number of carboxylic acid groups (broad SMARTS) is 1. The second kappa shape index (κ2) is 6.60. The molecule has 3 rings (SSSR count). The summed E-state index contributed by atoms with van der Waals surface area (Å²) in [6.45, 7) is 0.521. The van der Waals surface area contributed by atoms with Gasteiger partial charge in [0.2, 0.25) is 0 Å². The first-order chi connectivity index (χ1) is 11.9. The summed E-state index contributed by atoms with van der Waals surface area (Å²) in [5.74, 6) is -2.01. The molecular weight excluding hydrogens is 331 g/mol. The maximum atomic E-state index is 13.2. The lowest BCUT2D eigenvalue weighted by Crippen LogP contribution is -2.50. The van der Waals surface area contributed by atoms with Gasteiger partial charge in [0.15, 0.2) is 11.3 Å². The van der Waals surface area contributed by atoms with Crippen molar-refractivity contribution in [2.24, 2.45) is 0 Å². The third-order valence-corrected chi connectivity index (χ3v) is 4.27. The average Bonchev–Trinajstić information content (AvgIpc) is 3.03. The number of carboxylic acids is 1. The van der Waals surface area contributed by atoms with E-state index in [1.54, 1.807) is 12.1 Å². The van der Waals surface area contributed by atoms with Gasteiger partial charge in [-0.1, -0.05) is 17.3 Å². The summed E-state index contributed by atoms with van der Waals surface area (Å²) in [4.78, 5) is 24.9. The average molecular weight is 348 g/mol. The summed E-state index contributed by atoms with van der Waals surface area (Å²) >= 11 is 0. The number of benzene rings is 1. The van der Waals surface area contributed by atoms with Gasteiger partial charge in [0.1, 0.15) is 5.82 Å². The monoisotopic (exact) mass is 348 g/mol. The number of aliphatic carboxylic acids is 1. The fraction of sp³-hybridized carbons (Fsp3) is 0.375. The van der Waals surface area contributed by atoms with Crippen LogP contribution in [0.3, 0.4) is 0 Å². The Kier molecular flexibility index (Phi) is 4.49. The van der Waals surface area contributed by atoms with Crippen LogP contribution in [-0.2, 0) is 11.3 Å². The summed E-state index contributed by atoms with van der Waals surface area (Å²) in [6, 6.07) is 6.05. The summed E-state index contributed by atoms with van der Waals surface area (Å²) in [6.07, 6.45) is 1.39. The number of rotatable bonds is 4. The molecule has 25 heavy (non-hydrogen) atoms. The molecule has 0 spiro atoms. The summed E-state index contributed by atoms with van der Waals surface area (Å²) < 4.78 is 14.6. The molecule has 9 heteroatoms. The number of carbonyl (C=O) groups is 2. The van der Waals surface area contributed by atoms with E-state index >= 15 is 0 Å². The molecule has 132 valence electrons. The van der Waals surface area contributed by atoms with Gasteiger partial charge in [-0.2, -0.15) is 0 Å². The number of halogens is 1. The van der Waals surface area contributed by atoms with Gasteiger partial charge in [0.25, 0.3) is 5.91 Å². The predicted molar refractivity (Wildman–Crippen MR) is 83.2 cm³/mol. The van der Waals surface area contributed by atoms with Gasteiger partial charge in [-0.3, -0.25) is 4.79 Å². The first kappa shape index (κ1) is 17.0. The zero-order chi connectivity index (χ0) is 18.0. The number of aliphatic hydroxyl groups is 1. The standard InChI is InChI=1S/C16H17FN4O4/c17-12-3-1-2-11(8-12)9-21-10-13(18-19-21)14(22)20-6-4-16(25,5-7-20)15(23)24/h1-3,8,10,25H,4-7,9H2,(H,23,24). The SMILES string of the molecule is O=C(c1cn(Cc2cccc(F)c2)nn1)N1CCC(O)(C(=O)O)CC1. The molecule has 1 aliphatic rings. The van der Waals surface area contributed by atoms with E-state index in [-0.39, 0.29) is 49.9 Å². The summed E-state index contributed by atoms with van der Waals surface area (Å²) in [5, 5.41) is 26.6. The van der Waals surface area contributed by atoms with Gasteiger partial charge in [-0.15, -0.1) is 5.10 Å². The Labute approximate surface area is 142 Å². The van der Waals surface area contributed by atoms with Crippen LogP contribution in [0.25, 0.3) is 0 Å². The smallest absolute Gasteiger partial charge is 0.335 e. The highest BCUT2D eigenvalue weighted by Gasteiger charge is 2.40. The number of carbonyl (C=O) groups excluding carboxylic acids is 1. The quantitative estimate of drug-likeness (QED) is 0.834. The molecule has 1 aromatic heterocycles. The van der Waals surface area contributed by atoms with Gasteiger partial charge in [0, 0.05) is 25.9 Å². The lowest BCUT2D eigenvalue weighted by molar-refractivity contribution is -0.162. The van der Waals surface area contributed by atoms with Gasteiger partial charge in [-0.05, 0) is 17.7 Å². The van der Waals surface area contributed by atoms with Crippen LogP contribution >= 0.6 is 0 Å². The van der Waals surface area contributed by atoms with E-state index in [1.807, 2.05) is 0 Å². The molecule has 1 amide bonds. The number of piperidine rings is 1. The van der Waals surface area contributed by atoms with Crippen LogP contribution < -0.4 is 0 Å². The normalized spacial score (nSPS) is 16.6. The number of likely N-dealkylation sites (tertiary alicyclic amines) is 1. The molecule has 1 aliphatic heterocycles. The molecule has 1 aromatic carbocycles. The molecule has 0 unspecified atom stereocenters. The van der Waals surface area contributed by atoms with Crippen LogP contribution in [0.2, 0.25) is 0 Å². The predicted octanol–water partition coefficient (Wildman–Crippen LogP) is 0.517. The van der Waals surface area contributed by atoms with Crippen molar-refractivity contribution in [2.45, 2.75) is 25.0 Å². The lowest BCUT2D eigenvalue weighted by atomic mass is 9.91. The van der Waals surface area contributed by atoms with Crippen LogP contribution in [-0.4, -0.2) is 60.7 Å². The Morgan fingerprint density at radius 3 is 2.64 bits per heavy atom. The van der Waals surface area contributed by atoms with Crippen molar-refractivity contribution in [2.75, 3.05) is 13.1 Å². The van der Waals surface area contributed by atoms with E-state index in [9.17, 15) is 19.1 Å². The number of amides is 1. The van der Waals surface area contributed by atoms with Crippen LogP contribution in [0.1, 0.15) is 28.9 Å². The summed E-state index contributed by atoms with van der Waals surface area (Å²) in [7, 11) is 0. The van der Waals surface area contributed by atoms with E-state index in [0.29, 0.717) is 5.56 Å². The molecule has 0 aliphatic carbocycles. The highest BCUT2D eigenvalue weighted by atomic mass is 19.1. The molecular formula is C16H17FN4O4. The minimum atomic E-state index is -1.79. The molecule has 2 heterocycles. The largest absolute Gasteiger partial charge is 0.479 e. The minimum absolute atomic E-state index is 0.0362. The van der Waals surface area contributed by atoms with E-state index in [0.717, 1.165) is 0 Å². The Morgan fingerprint density at radius 2 is 2.00 bits per heavy atom. The zero-order valence-electron chi connectivity index (χ0n) is 13.3. The fourth-order valence-electron chi connectivity index (χ4n) is 2.75. The van der Waals surface area contributed by atoms with E-state index < -0.39 is 11.6 Å². The zero-order valence-corrected chi connectivity index (χ0v) is 13.3. The number of aromatic nitrogens is 3. The Hall–Kier alpha value is -2.81. The molecule has 0 saturated carbocycles. The Morgan fingerprint density at radius 1 is 1.28 bits per heavy atom. The van der Waals surface area contributed by atoms with Crippen LogP contribution in [0, 0.1) is 5.82 Å². The Balaban J connectivity index is 1.64. The fourth-order valence-corrected chi connectivity index (χ4v) is 2.75. The molecule has 2 N–H and O–H groups in total. The highest BCUT2D eigenvalue weighted by molar-refractivity contribution is 5.92. The number of hydrogen-bond donors (Lipinski definition) is 2. The minimum Gasteiger partial charge on any atom is -0.479 e. The molecule has 1 fully saturated rings. The Bertz CT molecular complexity index is 799. The number of hydrogen-bond acceptors (Lipinski definition) is 5. The topological polar surface area (TPSA) is 109 Å². The van der Waals surface area contributed by atoms with Crippen LogP contribution in [0.5, 0.6) is 0 Å². The molecule has 2 aromatic rings. The van der Waals surface area contributed by atoms with Crippen molar-refractivity contribution in [3.8, 4) is 0 Å². The first-order valence-corrected chi connectivity index (χ1v) is 7.77. The van der Waals surface area contributed by atoms with Crippen LogP contribution in [0.4, 0.5) is 4.39 Å². The van der Waals surface area contributed by atoms with Crippen molar-refractivity contribution in [1.29, 1.82) is 0 Å². The molecule has 8 nitrogen and oxygen atoms in total. The van der Waals surface area contributed by atoms with Crippen molar-refractivity contribution >= 4 is 11.9 Å². The molecule has 1 saturated heterocycles. The summed E-state index contributed by atoms with van der Waals surface area (Å²) in [5.41, 5.74) is -0.975. The highest BCUT2D eigenvalue weighted by Crippen LogP contribution is 2.23. The second-order valence-electron chi connectivity index (χ2n) is 6.06. The third-order valence-electron chi connectivity index (χ3n) is 4.27. The molecule has 0 bridgehead atoms. The van der Waals surface area contributed by atoms with Gasteiger partial charge < -0.3 is 15.1 Å². The van der Waals surface area contributed by atoms with Crippen molar-refractivity contribution in [1.82, 2.24) is 19.9 Å². The van der Waals surface area contributed by atoms with E-state index in [2.05, 4.69) is 10.3 Å². The second-order valence-corrected chi connectivity index (χ2v) is 6.06. The van der Waals surface area contributed by atoms with E-state index in [1.165, 1.54) is 27.9 Å². The maximum absolute atomic E-state index is 13.2. The molecule has 0 radical (unpaired) electrons. The van der Waals surface area contributed by atoms with Gasteiger partial charge in [0.05, 0.1) is 12.7 Å². The van der Waals surface area contributed by atoms with E-state index in [4.69, 9.17) is 5.11 Å². The maximum Gasteiger partial charge on any atom is 0.335 e. The van der Waals surface area contributed by atoms with Gasteiger partial charge >= 0.3 is 5.97 Å².